The van der Waals surface area contributed by atoms with E-state index < -0.39 is 47.0 Å². The fourth-order valence-corrected chi connectivity index (χ4v) is 9.39. The molecule has 9 rings (SSSR count). The number of rotatable bonds is 12. The maximum absolute atomic E-state index is 14.3. The third-order valence-electron chi connectivity index (χ3n) is 12.2. The Morgan fingerprint density at radius 3 is 0.855 bits per heavy atom. The number of benzene rings is 7. The molecule has 0 amide bonds. The van der Waals surface area contributed by atoms with Gasteiger partial charge in [-0.1, -0.05) is 24.3 Å². The van der Waals surface area contributed by atoms with Crippen LogP contribution in [0.4, 0.5) is 86.8 Å². The number of anilines is 6. The van der Waals surface area contributed by atoms with Gasteiger partial charge < -0.3 is 9.80 Å². The minimum Gasteiger partial charge on any atom is -0.309 e. The van der Waals surface area contributed by atoms with Crippen LogP contribution in [-0.2, 0) is 24.7 Å². The zero-order chi connectivity index (χ0) is 54.2. The lowest BCUT2D eigenvalue weighted by Crippen LogP contribution is -2.13. The lowest BCUT2D eigenvalue weighted by atomic mass is 9.94. The summed E-state index contributed by atoms with van der Waals surface area (Å²) >= 11 is 2.95. The highest BCUT2D eigenvalue weighted by molar-refractivity contribution is 7.98. The highest BCUT2D eigenvalue weighted by atomic mass is 32.2. The second-order valence-corrected chi connectivity index (χ2v) is 19.0. The Balaban J connectivity index is 1.24. The Kier molecular flexibility index (Phi) is 14.8. The van der Waals surface area contributed by atoms with Crippen LogP contribution in [-0.4, -0.2) is 22.5 Å². The van der Waals surface area contributed by atoms with Gasteiger partial charge in [0.2, 0.25) is 0 Å². The molecule has 76 heavy (non-hydrogen) atoms. The first-order valence-corrected chi connectivity index (χ1v) is 25.2. The first-order chi connectivity index (χ1) is 36.0. The second-order valence-electron chi connectivity index (χ2n) is 17.2. The summed E-state index contributed by atoms with van der Waals surface area (Å²) in [6.07, 6.45) is -10.6. The van der Waals surface area contributed by atoms with Gasteiger partial charge in [-0.2, -0.15) is 52.7 Å². The van der Waals surface area contributed by atoms with Crippen LogP contribution in [0, 0.1) is 0 Å². The van der Waals surface area contributed by atoms with E-state index in [2.05, 4.69) is 9.97 Å². The predicted octanol–water partition coefficient (Wildman–Crippen LogP) is 19.6. The third kappa shape index (κ3) is 11.9. The predicted molar refractivity (Wildman–Crippen MR) is 277 cm³/mol. The Labute approximate surface area is 436 Å². The molecule has 4 nitrogen and oxygen atoms in total. The lowest BCUT2D eigenvalue weighted by molar-refractivity contribution is -0.144. The van der Waals surface area contributed by atoms with E-state index >= 15 is 0 Å². The number of hydrogen-bond donors (Lipinski definition) is 0. The molecule has 0 aliphatic rings. The average Bonchev–Trinajstić information content (AvgIpc) is 3.42. The van der Waals surface area contributed by atoms with E-state index in [0.29, 0.717) is 80.6 Å². The monoisotopic (exact) mass is 1080 g/mol. The van der Waals surface area contributed by atoms with E-state index in [9.17, 15) is 52.7 Å². The molecule has 0 saturated heterocycles. The molecular weight excluding hydrogens is 1040 g/mol. The van der Waals surface area contributed by atoms with Gasteiger partial charge in [-0.3, -0.25) is 9.97 Å². The van der Waals surface area contributed by atoms with Gasteiger partial charge in [-0.25, -0.2) is 0 Å². The maximum Gasteiger partial charge on any atom is 0.416 e. The fourth-order valence-electron chi connectivity index (χ4n) is 8.57. The zero-order valence-corrected chi connectivity index (χ0v) is 41.2. The van der Waals surface area contributed by atoms with Crippen LogP contribution in [0.2, 0.25) is 0 Å². The summed E-state index contributed by atoms with van der Waals surface area (Å²) in [4.78, 5) is 13.9. The van der Waals surface area contributed by atoms with Crippen LogP contribution in [0.5, 0.6) is 0 Å². The molecule has 0 unspecified atom stereocenters. The van der Waals surface area contributed by atoms with Gasteiger partial charge >= 0.3 is 24.7 Å². The largest absolute Gasteiger partial charge is 0.416 e. The molecule has 0 spiro atoms. The van der Waals surface area contributed by atoms with Crippen LogP contribution >= 0.6 is 23.5 Å². The van der Waals surface area contributed by atoms with Crippen molar-refractivity contribution in [1.29, 1.82) is 0 Å². The number of aromatic nitrogens is 2. The van der Waals surface area contributed by atoms with Gasteiger partial charge in [0, 0.05) is 44.9 Å². The Morgan fingerprint density at radius 1 is 0.303 bits per heavy atom. The first kappa shape index (κ1) is 53.1. The van der Waals surface area contributed by atoms with Crippen molar-refractivity contribution in [2.45, 2.75) is 34.5 Å². The fraction of sp³-hybridized carbons (Fsp3) is 0.103. The standard InChI is InChI=1S/C58H38F12N4S2/c1-75-53-15-7-35(8-16-53)37-21-39(41-23-43(55(59,60)61)31-44(24-41)56(62,63)64)29-51(27-37)73(49-5-3-19-71-33-49)47-11-13-48(14-12-47)74(50-6-4-20-72-34-50)52-28-38(36-9-17-54(76-2)18-10-36)22-40(30-52)42-25-45(57(65,66)67)32-46(26-42)58(68,69)70/h3-34H,1-2H3. The molecule has 9 aromatic rings. The summed E-state index contributed by atoms with van der Waals surface area (Å²) in [7, 11) is 0. The molecule has 0 saturated carbocycles. The molecule has 7 aromatic carbocycles. The Hall–Kier alpha value is -7.70. The molecule has 2 aromatic heterocycles. The van der Waals surface area contributed by atoms with Crippen molar-refractivity contribution in [2.24, 2.45) is 0 Å². The highest BCUT2D eigenvalue weighted by Crippen LogP contribution is 2.46. The average molecular weight is 1080 g/mol. The summed E-state index contributed by atoms with van der Waals surface area (Å²) in [5, 5.41) is 0. The summed E-state index contributed by atoms with van der Waals surface area (Å²) in [5.41, 5.74) is -2.01. The zero-order valence-electron chi connectivity index (χ0n) is 39.6. The van der Waals surface area contributed by atoms with Crippen LogP contribution in [0.3, 0.4) is 0 Å². The maximum atomic E-state index is 14.3. The van der Waals surface area contributed by atoms with Crippen molar-refractivity contribution in [3.63, 3.8) is 0 Å². The van der Waals surface area contributed by atoms with Gasteiger partial charge in [0.25, 0.3) is 0 Å². The van der Waals surface area contributed by atoms with E-state index in [1.807, 2.05) is 36.8 Å². The third-order valence-corrected chi connectivity index (χ3v) is 13.7. The molecule has 18 heteroatoms. The van der Waals surface area contributed by atoms with E-state index in [-0.39, 0.29) is 34.4 Å². The molecule has 2 heterocycles. The number of pyridine rings is 2. The number of nitrogens with zero attached hydrogens (tertiary/aromatic N) is 4. The summed E-state index contributed by atoms with van der Waals surface area (Å²) in [5.74, 6) is 0. The topological polar surface area (TPSA) is 32.3 Å². The van der Waals surface area contributed by atoms with Crippen molar-refractivity contribution in [1.82, 2.24) is 9.97 Å². The number of alkyl halides is 12. The minimum absolute atomic E-state index is 0.0354. The number of halogens is 12. The van der Waals surface area contributed by atoms with Crippen LogP contribution < -0.4 is 9.80 Å². The molecular formula is C58H38F12N4S2. The van der Waals surface area contributed by atoms with Crippen LogP contribution in [0.15, 0.2) is 204 Å². The van der Waals surface area contributed by atoms with Gasteiger partial charge in [0.1, 0.15) is 0 Å². The van der Waals surface area contributed by atoms with Gasteiger partial charge in [-0.15, -0.1) is 23.5 Å². The molecule has 0 aliphatic carbocycles. The molecule has 0 N–H and O–H groups in total. The number of thioether (sulfide) groups is 2. The first-order valence-electron chi connectivity index (χ1n) is 22.7. The van der Waals surface area contributed by atoms with Crippen molar-refractivity contribution < 1.29 is 52.7 Å². The van der Waals surface area contributed by atoms with E-state index in [4.69, 9.17) is 0 Å². The smallest absolute Gasteiger partial charge is 0.309 e. The summed E-state index contributed by atoms with van der Waals surface area (Å²) in [6.45, 7) is 0. The highest BCUT2D eigenvalue weighted by Gasteiger charge is 2.39. The Morgan fingerprint density at radius 2 is 0.592 bits per heavy atom. The van der Waals surface area contributed by atoms with E-state index in [1.165, 1.54) is 72.6 Å². The van der Waals surface area contributed by atoms with Crippen LogP contribution in [0.25, 0.3) is 44.5 Å². The molecule has 0 atom stereocenters. The van der Waals surface area contributed by atoms with Crippen molar-refractivity contribution in [2.75, 3.05) is 22.3 Å². The SMILES string of the molecule is CSc1ccc(-c2cc(-c3cc(C(F)(F)F)cc(C(F)(F)F)c3)cc(N(c3ccc(N(c4cccnc4)c4cc(-c5ccc(SC)cc5)cc(-c5cc(C(F)(F)F)cc(C(F)(F)F)c5)c4)cc3)c3cccnc3)c2)cc1. The molecule has 0 aliphatic heterocycles. The summed E-state index contributed by atoms with van der Waals surface area (Å²) in [6, 6.07) is 40.4. The van der Waals surface area contributed by atoms with Crippen LogP contribution in [0.1, 0.15) is 22.3 Å². The van der Waals surface area contributed by atoms with Gasteiger partial charge in [-0.05, 0) is 203 Å². The van der Waals surface area contributed by atoms with Crippen molar-refractivity contribution in [3.8, 4) is 44.5 Å². The summed E-state index contributed by atoms with van der Waals surface area (Å²) < 4.78 is 171. The molecule has 386 valence electrons. The van der Waals surface area contributed by atoms with E-state index in [0.717, 1.165) is 9.79 Å². The molecule has 0 bridgehead atoms. The van der Waals surface area contributed by atoms with Crippen molar-refractivity contribution >= 4 is 57.6 Å². The molecule has 0 fully saturated rings. The Bertz CT molecular complexity index is 3200. The lowest BCUT2D eigenvalue weighted by Gasteiger charge is -2.29. The normalized spacial score (nSPS) is 12.2. The van der Waals surface area contributed by atoms with E-state index in [1.54, 1.807) is 94.7 Å². The minimum atomic E-state index is -5.12. The van der Waals surface area contributed by atoms with Crippen molar-refractivity contribution in [3.05, 3.63) is 217 Å². The quantitative estimate of drug-likeness (QED) is 0.0895. The van der Waals surface area contributed by atoms with Gasteiger partial charge in [0.15, 0.2) is 0 Å². The second kappa shape index (κ2) is 21.1. The number of hydrogen-bond acceptors (Lipinski definition) is 6. The molecule has 0 radical (unpaired) electrons. The van der Waals surface area contributed by atoms with Gasteiger partial charge in [0.05, 0.1) is 46.0 Å².